The highest BCUT2D eigenvalue weighted by atomic mass is 32.2. The van der Waals surface area contributed by atoms with E-state index in [-0.39, 0.29) is 23.5 Å². The number of aromatic nitrogens is 1. The summed E-state index contributed by atoms with van der Waals surface area (Å²) in [6, 6.07) is 4.08. The van der Waals surface area contributed by atoms with Crippen LogP contribution < -0.4 is 4.90 Å². The molecule has 0 spiro atoms. The Labute approximate surface area is 156 Å². The number of anilines is 1. The number of hydrogen-bond acceptors (Lipinski definition) is 5. The van der Waals surface area contributed by atoms with Crippen molar-refractivity contribution in [2.45, 2.75) is 58.0 Å². The molecular weight excluding hydrogens is 350 g/mol. The van der Waals surface area contributed by atoms with Gasteiger partial charge in [0.2, 0.25) is 0 Å². The third-order valence-corrected chi connectivity index (χ3v) is 7.40. The standard InChI is InChI=1S/C19H29N3O3S/c1-3-15-7-5-6-11-22(15)16-8-9-18(20-13-16)19(23)21(4-2)17-10-12-26(24,25)14-17/h8-9,13,15,17H,3-7,10-12,14H2,1-2H3. The van der Waals surface area contributed by atoms with Crippen LogP contribution in [-0.2, 0) is 9.84 Å². The number of pyridine rings is 1. The monoisotopic (exact) mass is 379 g/mol. The van der Waals surface area contributed by atoms with Crippen molar-refractivity contribution in [3.8, 4) is 0 Å². The molecule has 1 aromatic heterocycles. The van der Waals surface area contributed by atoms with E-state index in [1.165, 1.54) is 19.3 Å². The van der Waals surface area contributed by atoms with Crippen LogP contribution in [0, 0.1) is 0 Å². The van der Waals surface area contributed by atoms with Gasteiger partial charge < -0.3 is 9.80 Å². The molecule has 0 aromatic carbocycles. The molecule has 1 amide bonds. The zero-order valence-electron chi connectivity index (χ0n) is 15.7. The van der Waals surface area contributed by atoms with Crippen LogP contribution >= 0.6 is 0 Å². The molecular formula is C19H29N3O3S. The van der Waals surface area contributed by atoms with Gasteiger partial charge in [0.15, 0.2) is 9.84 Å². The predicted octanol–water partition coefficient (Wildman–Crippen LogP) is 2.50. The topological polar surface area (TPSA) is 70.6 Å². The summed E-state index contributed by atoms with van der Waals surface area (Å²) in [6.45, 7) is 5.63. The van der Waals surface area contributed by atoms with Crippen LogP contribution in [-0.4, -0.2) is 60.9 Å². The molecule has 0 N–H and O–H groups in total. The Bertz CT molecular complexity index is 733. The average Bonchev–Trinajstić information content (AvgIpc) is 3.02. The second-order valence-corrected chi connectivity index (χ2v) is 9.53. The number of amides is 1. The van der Waals surface area contributed by atoms with Gasteiger partial charge in [-0.3, -0.25) is 4.79 Å². The summed E-state index contributed by atoms with van der Waals surface area (Å²) in [6.07, 6.45) is 7.09. The summed E-state index contributed by atoms with van der Waals surface area (Å²) < 4.78 is 23.5. The quantitative estimate of drug-likeness (QED) is 0.786. The average molecular weight is 380 g/mol. The summed E-state index contributed by atoms with van der Waals surface area (Å²) in [4.78, 5) is 21.3. The summed E-state index contributed by atoms with van der Waals surface area (Å²) in [7, 11) is -3.02. The molecule has 0 radical (unpaired) electrons. The van der Waals surface area contributed by atoms with E-state index in [2.05, 4.69) is 16.8 Å². The SMILES string of the molecule is CCC1CCCCN1c1ccc(C(=O)N(CC)C2CCS(=O)(=O)C2)nc1. The van der Waals surface area contributed by atoms with Crippen LogP contribution in [0.5, 0.6) is 0 Å². The fourth-order valence-electron chi connectivity index (χ4n) is 4.18. The van der Waals surface area contributed by atoms with Gasteiger partial charge in [0.25, 0.3) is 5.91 Å². The Hall–Kier alpha value is -1.63. The molecule has 6 nitrogen and oxygen atoms in total. The maximum atomic E-state index is 12.8. The molecule has 2 fully saturated rings. The van der Waals surface area contributed by atoms with Crippen molar-refractivity contribution >= 4 is 21.4 Å². The van der Waals surface area contributed by atoms with Crippen LogP contribution in [0.3, 0.4) is 0 Å². The molecule has 144 valence electrons. The normalized spacial score (nSPS) is 25.2. The number of hydrogen-bond donors (Lipinski definition) is 0. The second-order valence-electron chi connectivity index (χ2n) is 7.30. The Morgan fingerprint density at radius 2 is 2.08 bits per heavy atom. The molecule has 2 aliphatic heterocycles. The first kappa shape index (κ1) is 19.1. The van der Waals surface area contributed by atoms with Crippen molar-refractivity contribution in [1.29, 1.82) is 0 Å². The van der Waals surface area contributed by atoms with Gasteiger partial charge in [0, 0.05) is 25.2 Å². The molecule has 2 saturated heterocycles. The van der Waals surface area contributed by atoms with Crippen LogP contribution in [0.25, 0.3) is 0 Å². The molecule has 7 heteroatoms. The second kappa shape index (κ2) is 7.94. The third kappa shape index (κ3) is 4.03. The molecule has 3 heterocycles. The van der Waals surface area contributed by atoms with Gasteiger partial charge in [0.05, 0.1) is 23.4 Å². The Kier molecular flexibility index (Phi) is 5.85. The highest BCUT2D eigenvalue weighted by Gasteiger charge is 2.34. The molecule has 2 unspecified atom stereocenters. The molecule has 3 rings (SSSR count). The lowest BCUT2D eigenvalue weighted by atomic mass is 9.99. The smallest absolute Gasteiger partial charge is 0.272 e. The Morgan fingerprint density at radius 1 is 1.27 bits per heavy atom. The first-order valence-corrected chi connectivity index (χ1v) is 11.5. The van der Waals surface area contributed by atoms with Crippen LogP contribution in [0.4, 0.5) is 5.69 Å². The first-order chi connectivity index (χ1) is 12.4. The first-order valence-electron chi connectivity index (χ1n) is 9.69. The largest absolute Gasteiger partial charge is 0.367 e. The van der Waals surface area contributed by atoms with E-state index in [9.17, 15) is 13.2 Å². The lowest BCUT2D eigenvalue weighted by molar-refractivity contribution is 0.0702. The molecule has 0 saturated carbocycles. The number of piperidine rings is 1. The Morgan fingerprint density at radius 3 is 2.65 bits per heavy atom. The van der Waals surface area contributed by atoms with Gasteiger partial charge in [-0.15, -0.1) is 0 Å². The highest BCUT2D eigenvalue weighted by molar-refractivity contribution is 7.91. The fraction of sp³-hybridized carbons (Fsp3) is 0.684. The van der Waals surface area contributed by atoms with Gasteiger partial charge in [-0.2, -0.15) is 0 Å². The van der Waals surface area contributed by atoms with Gasteiger partial charge in [-0.05, 0) is 51.2 Å². The zero-order chi connectivity index (χ0) is 18.7. The van der Waals surface area contributed by atoms with Crippen molar-refractivity contribution in [1.82, 2.24) is 9.88 Å². The van der Waals surface area contributed by atoms with E-state index in [1.807, 2.05) is 13.0 Å². The van der Waals surface area contributed by atoms with E-state index < -0.39 is 9.84 Å². The van der Waals surface area contributed by atoms with E-state index in [0.29, 0.717) is 24.7 Å². The summed E-state index contributed by atoms with van der Waals surface area (Å²) in [5.41, 5.74) is 1.46. The fourth-order valence-corrected chi connectivity index (χ4v) is 5.91. The van der Waals surface area contributed by atoms with Gasteiger partial charge in [0.1, 0.15) is 5.69 Å². The van der Waals surface area contributed by atoms with Gasteiger partial charge >= 0.3 is 0 Å². The zero-order valence-corrected chi connectivity index (χ0v) is 16.5. The lowest BCUT2D eigenvalue weighted by Gasteiger charge is -2.37. The minimum absolute atomic E-state index is 0.0661. The van der Waals surface area contributed by atoms with Crippen molar-refractivity contribution in [2.75, 3.05) is 29.5 Å². The maximum absolute atomic E-state index is 12.8. The van der Waals surface area contributed by atoms with E-state index in [4.69, 9.17) is 0 Å². The number of nitrogens with zero attached hydrogens (tertiary/aromatic N) is 3. The molecule has 2 aliphatic rings. The van der Waals surface area contributed by atoms with Crippen LogP contribution in [0.2, 0.25) is 0 Å². The van der Waals surface area contributed by atoms with E-state index in [1.54, 1.807) is 17.2 Å². The molecule has 1 aromatic rings. The highest BCUT2D eigenvalue weighted by Crippen LogP contribution is 2.26. The number of sulfone groups is 1. The number of carbonyl (C=O) groups is 1. The van der Waals surface area contributed by atoms with Gasteiger partial charge in [-0.25, -0.2) is 13.4 Å². The molecule has 2 atom stereocenters. The minimum Gasteiger partial charge on any atom is -0.367 e. The minimum atomic E-state index is -3.02. The molecule has 0 bridgehead atoms. The van der Waals surface area contributed by atoms with E-state index >= 15 is 0 Å². The summed E-state index contributed by atoms with van der Waals surface area (Å²) >= 11 is 0. The van der Waals surface area contributed by atoms with Crippen molar-refractivity contribution < 1.29 is 13.2 Å². The van der Waals surface area contributed by atoms with Crippen LogP contribution in [0.1, 0.15) is 56.4 Å². The third-order valence-electron chi connectivity index (χ3n) is 5.65. The van der Waals surface area contributed by atoms with Crippen molar-refractivity contribution in [3.05, 3.63) is 24.0 Å². The van der Waals surface area contributed by atoms with Crippen molar-refractivity contribution in [2.24, 2.45) is 0 Å². The number of rotatable bonds is 5. The number of carbonyl (C=O) groups excluding carboxylic acids is 1. The van der Waals surface area contributed by atoms with Crippen LogP contribution in [0.15, 0.2) is 18.3 Å². The predicted molar refractivity (Wildman–Crippen MR) is 103 cm³/mol. The lowest BCUT2D eigenvalue weighted by Crippen LogP contribution is -2.41. The molecule has 0 aliphatic carbocycles. The summed E-state index contributed by atoms with van der Waals surface area (Å²) in [5.74, 6) is 0.0597. The van der Waals surface area contributed by atoms with E-state index in [0.717, 1.165) is 18.7 Å². The van der Waals surface area contributed by atoms with Gasteiger partial charge in [-0.1, -0.05) is 6.92 Å². The maximum Gasteiger partial charge on any atom is 0.272 e. The van der Waals surface area contributed by atoms with Crippen molar-refractivity contribution in [3.63, 3.8) is 0 Å². The molecule has 26 heavy (non-hydrogen) atoms. The Balaban J connectivity index is 1.73. The summed E-state index contributed by atoms with van der Waals surface area (Å²) in [5, 5.41) is 0.